The molecule has 3 rings (SSSR count). The lowest BCUT2D eigenvalue weighted by Crippen LogP contribution is -2.45. The van der Waals surface area contributed by atoms with Crippen LogP contribution in [0.5, 0.6) is 5.75 Å². The predicted octanol–water partition coefficient (Wildman–Crippen LogP) is 6.72. The van der Waals surface area contributed by atoms with Gasteiger partial charge in [0.15, 0.2) is 0 Å². The van der Waals surface area contributed by atoms with Crippen molar-refractivity contribution in [3.05, 3.63) is 41.0 Å². The molecule has 1 aliphatic heterocycles. The van der Waals surface area contributed by atoms with Crippen LogP contribution in [0, 0.1) is 5.92 Å². The summed E-state index contributed by atoms with van der Waals surface area (Å²) in [4.78, 5) is 11.3. The standard InChI is InChI=1S/C25H36O2/c1-6-7-8-9-14-24(2,3)19-11-12-20-21-15-18(17-26)10-13-22(21)25(4,5)27-23(20)16-19/h10-12,16-17,21-22H,6-9,13-15H2,1-5H3/t21-,22+/m0/s1. The minimum absolute atomic E-state index is 0.160. The number of carbonyl (C=O) groups is 1. The maximum absolute atomic E-state index is 11.3. The molecule has 2 atom stereocenters. The summed E-state index contributed by atoms with van der Waals surface area (Å²) in [6.07, 6.45) is 11.3. The molecule has 0 N–H and O–H groups in total. The highest BCUT2D eigenvalue weighted by molar-refractivity contribution is 5.74. The first-order chi connectivity index (χ1) is 12.8. The smallest absolute Gasteiger partial charge is 0.145 e. The second-order valence-electron chi connectivity index (χ2n) is 9.70. The Labute approximate surface area is 165 Å². The molecule has 0 spiro atoms. The van der Waals surface area contributed by atoms with E-state index in [0.29, 0.717) is 11.8 Å². The van der Waals surface area contributed by atoms with Crippen molar-refractivity contribution in [1.29, 1.82) is 0 Å². The fourth-order valence-corrected chi connectivity index (χ4v) is 4.96. The first-order valence-corrected chi connectivity index (χ1v) is 10.8. The van der Waals surface area contributed by atoms with Gasteiger partial charge in [0.05, 0.1) is 0 Å². The molecule has 1 aromatic rings. The quantitative estimate of drug-likeness (QED) is 0.394. The van der Waals surface area contributed by atoms with E-state index >= 15 is 0 Å². The Hall–Kier alpha value is -1.57. The molecule has 27 heavy (non-hydrogen) atoms. The van der Waals surface area contributed by atoms with Crippen molar-refractivity contribution in [1.82, 2.24) is 0 Å². The summed E-state index contributed by atoms with van der Waals surface area (Å²) in [5.74, 6) is 1.85. The van der Waals surface area contributed by atoms with Gasteiger partial charge in [-0.2, -0.15) is 0 Å². The maximum atomic E-state index is 11.3. The number of ether oxygens (including phenoxy) is 1. The molecular formula is C25H36O2. The molecule has 2 aliphatic rings. The van der Waals surface area contributed by atoms with Gasteiger partial charge in [0.2, 0.25) is 0 Å². The van der Waals surface area contributed by atoms with Gasteiger partial charge in [-0.05, 0) is 67.2 Å². The molecule has 1 aliphatic carbocycles. The Morgan fingerprint density at radius 1 is 1.22 bits per heavy atom. The van der Waals surface area contributed by atoms with E-state index in [-0.39, 0.29) is 11.0 Å². The average molecular weight is 369 g/mol. The van der Waals surface area contributed by atoms with Gasteiger partial charge in [-0.1, -0.05) is 64.7 Å². The van der Waals surface area contributed by atoms with E-state index < -0.39 is 0 Å². The zero-order chi connectivity index (χ0) is 19.7. The van der Waals surface area contributed by atoms with Crippen LogP contribution >= 0.6 is 0 Å². The molecule has 1 aromatic carbocycles. The minimum atomic E-state index is -0.202. The zero-order valence-corrected chi connectivity index (χ0v) is 17.8. The number of aldehydes is 1. The highest BCUT2D eigenvalue weighted by Gasteiger charge is 2.45. The second kappa shape index (κ2) is 7.81. The number of hydrogen-bond donors (Lipinski definition) is 0. The Morgan fingerprint density at radius 2 is 2.00 bits per heavy atom. The van der Waals surface area contributed by atoms with Crippen LogP contribution in [0.3, 0.4) is 0 Å². The van der Waals surface area contributed by atoms with E-state index in [1.165, 1.54) is 43.2 Å². The first-order valence-electron chi connectivity index (χ1n) is 10.8. The third-order valence-electron chi connectivity index (χ3n) is 6.84. The van der Waals surface area contributed by atoms with Crippen LogP contribution in [0.25, 0.3) is 0 Å². The third kappa shape index (κ3) is 4.15. The van der Waals surface area contributed by atoms with Crippen molar-refractivity contribution >= 4 is 6.29 Å². The van der Waals surface area contributed by atoms with Crippen LogP contribution in [0.15, 0.2) is 29.8 Å². The summed E-state index contributed by atoms with van der Waals surface area (Å²) in [5, 5.41) is 0. The van der Waals surface area contributed by atoms with Crippen LogP contribution in [0.2, 0.25) is 0 Å². The van der Waals surface area contributed by atoms with Crippen molar-refractivity contribution in [2.75, 3.05) is 0 Å². The van der Waals surface area contributed by atoms with Gasteiger partial charge in [-0.3, -0.25) is 4.79 Å². The van der Waals surface area contributed by atoms with E-state index in [4.69, 9.17) is 4.74 Å². The Kier molecular flexibility index (Phi) is 5.84. The van der Waals surface area contributed by atoms with Crippen molar-refractivity contribution in [3.63, 3.8) is 0 Å². The lowest BCUT2D eigenvalue weighted by atomic mass is 9.67. The highest BCUT2D eigenvalue weighted by Crippen LogP contribution is 2.51. The number of fused-ring (bicyclic) bond motifs is 3. The van der Waals surface area contributed by atoms with Crippen molar-refractivity contribution < 1.29 is 9.53 Å². The molecule has 148 valence electrons. The van der Waals surface area contributed by atoms with Crippen molar-refractivity contribution in [2.24, 2.45) is 5.92 Å². The fourth-order valence-electron chi connectivity index (χ4n) is 4.96. The van der Waals surface area contributed by atoms with Crippen LogP contribution in [-0.4, -0.2) is 11.9 Å². The number of allylic oxidation sites excluding steroid dienone is 2. The molecule has 0 aromatic heterocycles. The molecule has 1 heterocycles. The molecule has 0 amide bonds. The lowest BCUT2D eigenvalue weighted by Gasteiger charge is -2.47. The monoisotopic (exact) mass is 368 g/mol. The van der Waals surface area contributed by atoms with Gasteiger partial charge < -0.3 is 4.74 Å². The molecule has 0 bridgehead atoms. The largest absolute Gasteiger partial charge is 0.487 e. The van der Waals surface area contributed by atoms with Crippen LogP contribution in [0.4, 0.5) is 0 Å². The van der Waals surface area contributed by atoms with Gasteiger partial charge in [0, 0.05) is 5.92 Å². The SMILES string of the molecule is CCCCCCC(C)(C)c1ccc2c(c1)OC(C)(C)[C@@H]1CC=C(C=O)C[C@@H]21. The van der Waals surface area contributed by atoms with Crippen molar-refractivity contribution in [3.8, 4) is 5.75 Å². The molecular weight excluding hydrogens is 332 g/mol. The summed E-state index contributed by atoms with van der Waals surface area (Å²) in [7, 11) is 0. The number of unbranched alkanes of at least 4 members (excludes halogenated alkanes) is 3. The molecule has 0 saturated heterocycles. The zero-order valence-electron chi connectivity index (χ0n) is 17.8. The fraction of sp³-hybridized carbons (Fsp3) is 0.640. The minimum Gasteiger partial charge on any atom is -0.487 e. The second-order valence-corrected chi connectivity index (χ2v) is 9.70. The van der Waals surface area contributed by atoms with Gasteiger partial charge in [0.1, 0.15) is 17.6 Å². The Balaban J connectivity index is 1.86. The Bertz CT molecular complexity index is 711. The van der Waals surface area contributed by atoms with E-state index in [9.17, 15) is 4.79 Å². The van der Waals surface area contributed by atoms with Gasteiger partial charge in [-0.15, -0.1) is 0 Å². The third-order valence-corrected chi connectivity index (χ3v) is 6.84. The molecule has 0 radical (unpaired) electrons. The van der Waals surface area contributed by atoms with E-state index in [1.54, 1.807) is 0 Å². The van der Waals surface area contributed by atoms with Gasteiger partial charge in [-0.25, -0.2) is 0 Å². The number of benzene rings is 1. The summed E-state index contributed by atoms with van der Waals surface area (Å²) in [6, 6.07) is 6.86. The molecule has 0 unspecified atom stereocenters. The summed E-state index contributed by atoms with van der Waals surface area (Å²) in [6.45, 7) is 11.4. The summed E-state index contributed by atoms with van der Waals surface area (Å²) in [5.41, 5.74) is 3.56. The van der Waals surface area contributed by atoms with Crippen LogP contribution < -0.4 is 4.74 Å². The molecule has 0 fully saturated rings. The topological polar surface area (TPSA) is 26.3 Å². The normalized spacial score (nSPS) is 23.7. The Morgan fingerprint density at radius 3 is 2.70 bits per heavy atom. The van der Waals surface area contributed by atoms with Gasteiger partial charge in [0.25, 0.3) is 0 Å². The predicted molar refractivity (Wildman–Crippen MR) is 113 cm³/mol. The van der Waals surface area contributed by atoms with Crippen molar-refractivity contribution in [2.45, 2.75) is 96.5 Å². The van der Waals surface area contributed by atoms with E-state index in [2.05, 4.69) is 58.9 Å². The van der Waals surface area contributed by atoms with Gasteiger partial charge >= 0.3 is 0 Å². The highest BCUT2D eigenvalue weighted by atomic mass is 16.5. The molecule has 0 saturated carbocycles. The average Bonchev–Trinajstić information content (AvgIpc) is 2.64. The summed E-state index contributed by atoms with van der Waals surface area (Å²) >= 11 is 0. The number of hydrogen-bond acceptors (Lipinski definition) is 2. The van der Waals surface area contributed by atoms with E-state index in [1.807, 2.05) is 0 Å². The van der Waals surface area contributed by atoms with Crippen LogP contribution in [0.1, 0.15) is 96.6 Å². The lowest BCUT2D eigenvalue weighted by molar-refractivity contribution is -0.105. The van der Waals surface area contributed by atoms with Crippen LogP contribution in [-0.2, 0) is 10.2 Å². The maximum Gasteiger partial charge on any atom is 0.145 e. The number of carbonyl (C=O) groups excluding carboxylic acids is 1. The van der Waals surface area contributed by atoms with E-state index in [0.717, 1.165) is 30.5 Å². The molecule has 2 nitrogen and oxygen atoms in total. The first kappa shape index (κ1) is 20.2. The summed E-state index contributed by atoms with van der Waals surface area (Å²) < 4.78 is 6.52. The molecule has 2 heteroatoms. The number of rotatable bonds is 7.